The fourth-order valence-electron chi connectivity index (χ4n) is 0. The van der Waals surface area contributed by atoms with Gasteiger partial charge in [0.2, 0.25) is 0 Å². The number of rotatable bonds is 0. The van der Waals surface area contributed by atoms with Crippen LogP contribution >= 0.6 is 0 Å². The van der Waals surface area contributed by atoms with Crippen LogP contribution in [0.5, 0.6) is 0 Å². The first-order valence-electron chi connectivity index (χ1n) is 0. The van der Waals surface area contributed by atoms with Gasteiger partial charge in [0.15, 0.2) is 0 Å². The molecule has 12 heavy (non-hydrogen) atoms. The monoisotopic (exact) mass is 266 g/mol. The van der Waals surface area contributed by atoms with Gasteiger partial charge in [0, 0.05) is 0 Å². The van der Waals surface area contributed by atoms with Crippen molar-refractivity contribution in [2.45, 2.75) is 0 Å². The predicted octanol–water partition coefficient (Wildman–Crippen LogP) is -28.1. The van der Waals surface area contributed by atoms with Gasteiger partial charge in [-0.1, -0.05) is 0 Å². The zero-order valence-corrected chi connectivity index (χ0v) is 11.6. The first-order valence-corrected chi connectivity index (χ1v) is 0. The number of hydrogen-bond acceptors (Lipinski definition) is 0. The summed E-state index contributed by atoms with van der Waals surface area (Å²) in [6.45, 7) is 0. The van der Waals surface area contributed by atoms with E-state index in [1.165, 1.54) is 0 Å². The summed E-state index contributed by atoms with van der Waals surface area (Å²) in [7, 11) is 0. The quantitative estimate of drug-likeness (QED) is 0.302. The van der Waals surface area contributed by atoms with Crippen LogP contribution in [0.4, 0.5) is 0 Å². The second kappa shape index (κ2) is 253. The van der Waals surface area contributed by atoms with Gasteiger partial charge in [0.05, 0.1) is 0 Å². The van der Waals surface area contributed by atoms with Crippen molar-refractivity contribution in [3.8, 4) is 0 Å². The van der Waals surface area contributed by atoms with Crippen LogP contribution in [-0.4, -0.2) is 92.8 Å². The molecule has 0 N–H and O–H groups in total. The summed E-state index contributed by atoms with van der Waals surface area (Å²) in [6.07, 6.45) is 0. The zero-order chi connectivity index (χ0) is 0. The summed E-state index contributed by atoms with van der Waals surface area (Å²) >= 11 is 0. The summed E-state index contributed by atoms with van der Waals surface area (Å²) in [4.78, 5) is 0. The molecule has 0 atom stereocenters. The molecule has 12 heteroatoms. The summed E-state index contributed by atoms with van der Waals surface area (Å²) in [5.74, 6) is 0. The molecule has 0 nitrogen and oxygen atoms in total. The average molecular weight is 266 g/mol. The molecule has 0 saturated heterocycles. The molecule has 0 aliphatic rings. The Balaban J connectivity index is 0. The van der Waals surface area contributed by atoms with Crippen LogP contribution in [0.3, 0.4) is 0 Å². The number of halogens is 8. The molecule has 0 saturated carbocycles. The van der Waals surface area contributed by atoms with Gasteiger partial charge in [-0.25, -0.2) is 0 Å². The van der Waals surface area contributed by atoms with E-state index in [0.29, 0.717) is 0 Å². The third-order valence-electron chi connectivity index (χ3n) is 0. The van der Waals surface area contributed by atoms with Gasteiger partial charge in [-0.2, -0.15) is 0 Å². The Labute approximate surface area is 147 Å². The van der Waals surface area contributed by atoms with E-state index in [2.05, 4.69) is 0 Å². The van der Waals surface area contributed by atoms with E-state index in [0.717, 1.165) is 0 Å². The van der Waals surface area contributed by atoms with E-state index in [-0.39, 0.29) is 149 Å². The Morgan fingerprint density at radius 1 is 0.333 bits per heavy atom. The van der Waals surface area contributed by atoms with Crippen molar-refractivity contribution in [3.05, 3.63) is 0 Å². The third-order valence-corrected chi connectivity index (χ3v) is 0. The first kappa shape index (κ1) is 314. The average Bonchev–Trinajstić information content (AvgIpc) is 0. The van der Waals surface area contributed by atoms with Crippen molar-refractivity contribution in [2.75, 3.05) is 0 Å². The van der Waals surface area contributed by atoms with Gasteiger partial charge < -0.3 is 37.6 Å². The van der Waals surface area contributed by atoms with Gasteiger partial charge in [-0.05, 0) is 0 Å². The van der Waals surface area contributed by atoms with Crippen molar-refractivity contribution in [3.63, 3.8) is 0 Å². The fourth-order valence-corrected chi connectivity index (χ4v) is 0. The normalized spacial score (nSPS) is 0. The van der Waals surface area contributed by atoms with Crippen LogP contribution in [0.2, 0.25) is 0 Å². The second-order valence-corrected chi connectivity index (χ2v) is 0. The van der Waals surface area contributed by atoms with Crippen LogP contribution in [0.15, 0.2) is 0 Å². The van der Waals surface area contributed by atoms with Crippen molar-refractivity contribution in [1.29, 1.82) is 0 Å². The van der Waals surface area contributed by atoms with Crippen molar-refractivity contribution in [2.24, 2.45) is 0 Å². The minimum Gasteiger partial charge on any atom is -1.00 e. The molecule has 0 fully saturated rings. The minimum atomic E-state index is 0. The third kappa shape index (κ3) is 200. The standard InChI is InChI=1S/Al.2Ca.8FH.Li/h;;;8*1H;/q+3;2*+2;;;;;;;;;+1/p-8. The molecule has 0 aliphatic carbocycles. The van der Waals surface area contributed by atoms with Crippen LogP contribution in [0.1, 0.15) is 0 Å². The Morgan fingerprint density at radius 2 is 0.333 bits per heavy atom. The summed E-state index contributed by atoms with van der Waals surface area (Å²) in [5, 5.41) is 0. The molecular formula is AlCa2F8Li. The van der Waals surface area contributed by atoms with Crippen LogP contribution < -0.4 is 56.5 Å². The van der Waals surface area contributed by atoms with E-state index >= 15 is 0 Å². The maximum absolute atomic E-state index is 0. The molecule has 0 rings (SSSR count). The molecular weight excluding hydrogens is 266 g/mol. The summed E-state index contributed by atoms with van der Waals surface area (Å²) in [6, 6.07) is 0. The fraction of sp³-hybridized carbons (Fsp3) is 0. The molecule has 0 amide bonds. The summed E-state index contributed by atoms with van der Waals surface area (Å²) in [5.41, 5.74) is 0. The molecule has 0 spiro atoms. The van der Waals surface area contributed by atoms with Gasteiger partial charge in [-0.3, -0.25) is 0 Å². The molecule has 0 aliphatic heterocycles. The van der Waals surface area contributed by atoms with Gasteiger partial charge in [-0.15, -0.1) is 0 Å². The minimum absolute atomic E-state index is 0. The second-order valence-electron chi connectivity index (χ2n) is 0. The van der Waals surface area contributed by atoms with Crippen LogP contribution in [0, 0.1) is 0 Å². The van der Waals surface area contributed by atoms with Gasteiger partial charge >= 0.3 is 112 Å². The Kier molecular flexibility index (Phi) is 6610. The van der Waals surface area contributed by atoms with Crippen LogP contribution in [-0.2, 0) is 0 Å². The zero-order valence-electron chi connectivity index (χ0n) is 6.02. The van der Waals surface area contributed by atoms with Gasteiger partial charge in [0.1, 0.15) is 0 Å². The predicted molar refractivity (Wildman–Crippen MR) is 17.3 cm³/mol. The molecule has 0 aromatic heterocycles. The topological polar surface area (TPSA) is 0 Å². The molecule has 64 valence electrons. The largest absolute Gasteiger partial charge is 3.00 e. The van der Waals surface area contributed by atoms with Crippen molar-refractivity contribution >= 4 is 92.8 Å². The maximum atomic E-state index is 0. The van der Waals surface area contributed by atoms with E-state index in [1.807, 2.05) is 0 Å². The van der Waals surface area contributed by atoms with Gasteiger partial charge in [0.25, 0.3) is 0 Å². The van der Waals surface area contributed by atoms with E-state index < -0.39 is 0 Å². The Bertz CT molecular complexity index is 17.0. The van der Waals surface area contributed by atoms with Crippen molar-refractivity contribution < 1.29 is 56.5 Å². The van der Waals surface area contributed by atoms with E-state index in [9.17, 15) is 0 Å². The smallest absolute Gasteiger partial charge is 1.00 e. The SMILES string of the molecule is [Al+3].[Ca+2].[Ca+2].[F-].[F-].[F-].[F-].[F-].[F-].[F-].[F-].[Li+]. The Morgan fingerprint density at radius 3 is 0.333 bits per heavy atom. The summed E-state index contributed by atoms with van der Waals surface area (Å²) < 4.78 is 0. The van der Waals surface area contributed by atoms with E-state index in [4.69, 9.17) is 0 Å². The molecule has 0 unspecified atom stereocenters. The molecule has 0 aromatic carbocycles. The molecule has 0 bridgehead atoms. The first-order chi connectivity index (χ1) is 0. The molecule has 0 aromatic rings. The van der Waals surface area contributed by atoms with Crippen molar-refractivity contribution in [1.82, 2.24) is 0 Å². The Hall–Kier alpha value is 3.09. The van der Waals surface area contributed by atoms with E-state index in [1.54, 1.807) is 0 Å². The van der Waals surface area contributed by atoms with Crippen LogP contribution in [0.25, 0.3) is 0 Å². The maximum Gasteiger partial charge on any atom is 3.00 e. The molecule has 0 heterocycles. The molecule has 0 radical (unpaired) electrons. The number of hydrogen-bond donors (Lipinski definition) is 0.